The maximum atomic E-state index is 12.3. The molecule has 0 unspecified atom stereocenters. The van der Waals surface area contributed by atoms with E-state index >= 15 is 0 Å². The second-order valence-electron chi connectivity index (χ2n) is 7.16. The van der Waals surface area contributed by atoms with Crippen LogP contribution in [0.15, 0.2) is 29.4 Å². The Balaban J connectivity index is 1.57. The van der Waals surface area contributed by atoms with E-state index in [1.165, 1.54) is 17.3 Å². The highest BCUT2D eigenvalue weighted by atomic mass is 32.2. The molecule has 2 heterocycles. The van der Waals surface area contributed by atoms with Gasteiger partial charge in [-0.2, -0.15) is 0 Å². The van der Waals surface area contributed by atoms with Crippen molar-refractivity contribution in [2.45, 2.75) is 64.2 Å². The van der Waals surface area contributed by atoms with Gasteiger partial charge in [0, 0.05) is 25.2 Å². The molecular formula is C21H29N5O2S. The molecule has 2 aromatic rings. The third-order valence-electron chi connectivity index (χ3n) is 5.09. The summed E-state index contributed by atoms with van der Waals surface area (Å²) in [6.45, 7) is 6.09. The minimum Gasteiger partial charge on any atom is -0.335 e. The molecule has 0 bridgehead atoms. The lowest BCUT2D eigenvalue weighted by atomic mass is 10.1. The molecule has 7 nitrogen and oxygen atoms in total. The number of carbonyl (C=O) groups excluding carboxylic acids is 2. The zero-order chi connectivity index (χ0) is 20.6. The number of benzene rings is 1. The first-order valence-electron chi connectivity index (χ1n) is 10.3. The van der Waals surface area contributed by atoms with Crippen LogP contribution < -0.4 is 5.32 Å². The molecule has 0 atom stereocenters. The van der Waals surface area contributed by atoms with Crippen LogP contribution in [0.3, 0.4) is 0 Å². The number of aromatic nitrogens is 3. The van der Waals surface area contributed by atoms with Crippen LogP contribution >= 0.6 is 11.8 Å². The number of amides is 2. The first kappa shape index (κ1) is 21.4. The molecule has 1 aromatic carbocycles. The molecule has 1 fully saturated rings. The molecule has 1 aromatic heterocycles. The first-order chi connectivity index (χ1) is 14.1. The summed E-state index contributed by atoms with van der Waals surface area (Å²) >= 11 is 1.37. The van der Waals surface area contributed by atoms with Crippen LogP contribution in [-0.2, 0) is 29.1 Å². The molecular weight excluding hydrogens is 386 g/mol. The average Bonchev–Trinajstić information content (AvgIpc) is 3.01. The van der Waals surface area contributed by atoms with Crippen molar-refractivity contribution in [2.75, 3.05) is 17.6 Å². The molecule has 1 aliphatic heterocycles. The van der Waals surface area contributed by atoms with Crippen molar-refractivity contribution in [2.24, 2.45) is 0 Å². The molecule has 1 N–H and O–H groups in total. The first-order valence-corrected chi connectivity index (χ1v) is 11.3. The maximum absolute atomic E-state index is 12.3. The van der Waals surface area contributed by atoms with E-state index < -0.39 is 0 Å². The molecule has 8 heteroatoms. The number of thioether (sulfide) groups is 1. The molecule has 0 saturated carbocycles. The summed E-state index contributed by atoms with van der Waals surface area (Å²) in [6.07, 6.45) is 4.68. The van der Waals surface area contributed by atoms with Crippen LogP contribution in [0, 0.1) is 0 Å². The van der Waals surface area contributed by atoms with Crippen molar-refractivity contribution >= 4 is 29.3 Å². The molecule has 0 radical (unpaired) electrons. The second kappa shape index (κ2) is 10.4. The van der Waals surface area contributed by atoms with Crippen molar-refractivity contribution in [1.29, 1.82) is 0 Å². The van der Waals surface area contributed by atoms with Crippen LogP contribution in [0.4, 0.5) is 5.69 Å². The van der Waals surface area contributed by atoms with Gasteiger partial charge >= 0.3 is 0 Å². The predicted octanol–water partition coefficient (Wildman–Crippen LogP) is 3.49. The molecule has 3 rings (SSSR count). The summed E-state index contributed by atoms with van der Waals surface area (Å²) in [4.78, 5) is 26.4. The van der Waals surface area contributed by atoms with E-state index in [2.05, 4.69) is 22.4 Å². The van der Waals surface area contributed by atoms with Crippen molar-refractivity contribution < 1.29 is 9.59 Å². The van der Waals surface area contributed by atoms with Crippen molar-refractivity contribution in [3.05, 3.63) is 35.7 Å². The Morgan fingerprint density at radius 2 is 1.93 bits per heavy atom. The van der Waals surface area contributed by atoms with Gasteiger partial charge in [-0.05, 0) is 43.9 Å². The van der Waals surface area contributed by atoms with Crippen molar-refractivity contribution in [3.8, 4) is 0 Å². The van der Waals surface area contributed by atoms with E-state index in [1.54, 1.807) is 0 Å². The fraction of sp³-hybridized carbons (Fsp3) is 0.524. The van der Waals surface area contributed by atoms with E-state index in [-0.39, 0.29) is 17.6 Å². The lowest BCUT2D eigenvalue weighted by Crippen LogP contribution is -2.31. The lowest BCUT2D eigenvalue weighted by molar-refractivity contribution is -0.131. The van der Waals surface area contributed by atoms with Gasteiger partial charge in [-0.25, -0.2) is 0 Å². The van der Waals surface area contributed by atoms with Crippen LogP contribution in [0.25, 0.3) is 0 Å². The van der Waals surface area contributed by atoms with Crippen LogP contribution in [0.2, 0.25) is 0 Å². The van der Waals surface area contributed by atoms with Crippen LogP contribution in [0.1, 0.15) is 50.9 Å². The van der Waals surface area contributed by atoms with Gasteiger partial charge in [0.25, 0.3) is 0 Å². The summed E-state index contributed by atoms with van der Waals surface area (Å²) in [5.41, 5.74) is 2.04. The number of carbonyl (C=O) groups is 2. The molecule has 0 spiro atoms. The third kappa shape index (κ3) is 5.82. The van der Waals surface area contributed by atoms with Gasteiger partial charge in [-0.3, -0.25) is 9.59 Å². The second-order valence-corrected chi connectivity index (χ2v) is 8.10. The summed E-state index contributed by atoms with van der Waals surface area (Å²) in [5.74, 6) is 1.15. The minimum absolute atomic E-state index is 0.0749. The van der Waals surface area contributed by atoms with Gasteiger partial charge in [0.15, 0.2) is 11.0 Å². The lowest BCUT2D eigenvalue weighted by Gasteiger charge is -2.20. The third-order valence-corrected chi connectivity index (χ3v) is 6.06. The Morgan fingerprint density at radius 1 is 1.14 bits per heavy atom. The van der Waals surface area contributed by atoms with Gasteiger partial charge in [0.05, 0.1) is 12.3 Å². The summed E-state index contributed by atoms with van der Waals surface area (Å²) in [6, 6.07) is 7.89. The molecule has 1 saturated heterocycles. The average molecular weight is 416 g/mol. The number of nitrogens with zero attached hydrogens (tertiary/aromatic N) is 4. The molecule has 156 valence electrons. The number of nitrogens with one attached hydrogen (secondary N) is 1. The summed E-state index contributed by atoms with van der Waals surface area (Å²) < 4.78 is 1.99. The number of rotatable bonds is 8. The largest absolute Gasteiger partial charge is 0.335 e. The SMILES string of the molecule is CCc1ccc(NC(=O)CSc2nnc(CN3CCCCCC3=O)n2CC)cc1. The Bertz CT molecular complexity index is 834. The Morgan fingerprint density at radius 3 is 2.66 bits per heavy atom. The smallest absolute Gasteiger partial charge is 0.234 e. The van der Waals surface area contributed by atoms with E-state index in [9.17, 15) is 9.59 Å². The van der Waals surface area contributed by atoms with E-state index in [1.807, 2.05) is 40.7 Å². The van der Waals surface area contributed by atoms with Gasteiger partial charge < -0.3 is 14.8 Å². The molecule has 2 amide bonds. The Kier molecular flexibility index (Phi) is 7.69. The fourth-order valence-corrected chi connectivity index (χ4v) is 4.21. The van der Waals surface area contributed by atoms with E-state index in [0.29, 0.717) is 24.7 Å². The number of likely N-dealkylation sites (tertiary alicyclic amines) is 1. The normalized spacial score (nSPS) is 14.7. The monoisotopic (exact) mass is 415 g/mol. The highest BCUT2D eigenvalue weighted by Crippen LogP contribution is 2.20. The van der Waals surface area contributed by atoms with Gasteiger partial charge in [0.2, 0.25) is 11.8 Å². The standard InChI is InChI=1S/C21H29N5O2S/c1-3-16-9-11-17(12-10-16)22-19(27)15-29-21-24-23-18(26(21)4-2)14-25-13-7-5-6-8-20(25)28/h9-12H,3-8,13-15H2,1-2H3,(H,22,27). The van der Waals surface area contributed by atoms with Crippen molar-refractivity contribution in [1.82, 2.24) is 19.7 Å². The maximum Gasteiger partial charge on any atom is 0.234 e. The van der Waals surface area contributed by atoms with E-state index in [4.69, 9.17) is 0 Å². The Labute approximate surface area is 176 Å². The fourth-order valence-electron chi connectivity index (χ4n) is 3.39. The highest BCUT2D eigenvalue weighted by Gasteiger charge is 2.21. The summed E-state index contributed by atoms with van der Waals surface area (Å²) in [5, 5.41) is 12.2. The predicted molar refractivity (Wildman–Crippen MR) is 115 cm³/mol. The van der Waals surface area contributed by atoms with Crippen molar-refractivity contribution in [3.63, 3.8) is 0 Å². The number of hydrogen-bond donors (Lipinski definition) is 1. The molecule has 1 aliphatic rings. The molecule has 29 heavy (non-hydrogen) atoms. The minimum atomic E-state index is -0.0749. The number of anilines is 1. The zero-order valence-corrected chi connectivity index (χ0v) is 18.0. The Hall–Kier alpha value is -2.35. The van der Waals surface area contributed by atoms with Gasteiger partial charge in [0.1, 0.15) is 0 Å². The number of aryl methyl sites for hydroxylation is 1. The van der Waals surface area contributed by atoms with E-state index in [0.717, 1.165) is 43.7 Å². The quantitative estimate of drug-likeness (QED) is 0.668. The van der Waals surface area contributed by atoms with Crippen LogP contribution in [0.5, 0.6) is 0 Å². The van der Waals surface area contributed by atoms with Gasteiger partial charge in [-0.1, -0.05) is 37.2 Å². The van der Waals surface area contributed by atoms with Gasteiger partial charge in [-0.15, -0.1) is 10.2 Å². The highest BCUT2D eigenvalue weighted by molar-refractivity contribution is 7.99. The topological polar surface area (TPSA) is 80.1 Å². The summed E-state index contributed by atoms with van der Waals surface area (Å²) in [7, 11) is 0. The molecule has 0 aliphatic carbocycles. The van der Waals surface area contributed by atoms with Crippen LogP contribution in [-0.4, -0.2) is 43.8 Å². The number of hydrogen-bond acceptors (Lipinski definition) is 5. The zero-order valence-electron chi connectivity index (χ0n) is 17.2.